The van der Waals surface area contributed by atoms with Gasteiger partial charge in [0, 0.05) is 47.8 Å². The Kier molecular flexibility index (Phi) is 6.19. The molecule has 0 aliphatic carbocycles. The third kappa shape index (κ3) is 4.47. The minimum absolute atomic E-state index is 0.148. The third-order valence-electron chi connectivity index (χ3n) is 7.53. The standard InChI is InChI=1S/C30H28N8O2/c39-29(31-13-11-20-17-33-24-9-3-1-7-22(20)24)26-16-27(23-8-2-4-10-25(23)36-26)40-18-21-6-5-15-37(21)28-12-14-32-30-34-19-35-38(28)30/h1-4,7-10,12,14,16-17,19,21,33H,5-6,11,13,15,18H2,(H,31,39)/t21-/m1/s1. The smallest absolute Gasteiger partial charge is 0.270 e. The molecule has 1 saturated heterocycles. The molecule has 7 rings (SSSR count). The molecule has 1 amide bonds. The Morgan fingerprint density at radius 1 is 1.07 bits per heavy atom. The van der Waals surface area contributed by atoms with Crippen molar-refractivity contribution in [1.29, 1.82) is 0 Å². The highest BCUT2D eigenvalue weighted by Crippen LogP contribution is 2.29. The van der Waals surface area contributed by atoms with Crippen LogP contribution in [0.3, 0.4) is 0 Å². The van der Waals surface area contributed by atoms with Crippen molar-refractivity contribution < 1.29 is 9.53 Å². The number of H-pyrrole nitrogens is 1. The van der Waals surface area contributed by atoms with Gasteiger partial charge in [-0.1, -0.05) is 30.3 Å². The number of carbonyl (C=O) groups is 1. The summed E-state index contributed by atoms with van der Waals surface area (Å²) in [5.41, 5.74) is 3.33. The lowest BCUT2D eigenvalue weighted by Gasteiger charge is -2.26. The first-order chi connectivity index (χ1) is 19.7. The largest absolute Gasteiger partial charge is 0.491 e. The second kappa shape index (κ2) is 10.3. The number of fused-ring (bicyclic) bond motifs is 3. The molecular formula is C30H28N8O2. The molecular weight excluding hydrogens is 504 g/mol. The van der Waals surface area contributed by atoms with E-state index in [1.807, 2.05) is 48.7 Å². The first-order valence-electron chi connectivity index (χ1n) is 13.5. The molecule has 2 aromatic carbocycles. The molecule has 0 radical (unpaired) electrons. The molecule has 4 aromatic heterocycles. The topological polar surface area (TPSA) is 113 Å². The first kappa shape index (κ1) is 24.1. The second-order valence-electron chi connectivity index (χ2n) is 9.96. The van der Waals surface area contributed by atoms with E-state index in [2.05, 4.69) is 47.4 Å². The third-order valence-corrected chi connectivity index (χ3v) is 7.53. The fraction of sp³-hybridized carbons (Fsp3) is 0.233. The molecule has 1 fully saturated rings. The van der Waals surface area contributed by atoms with Gasteiger partial charge < -0.3 is 19.9 Å². The number of aromatic amines is 1. The summed E-state index contributed by atoms with van der Waals surface area (Å²) in [4.78, 5) is 31.9. The van der Waals surface area contributed by atoms with Gasteiger partial charge in [-0.3, -0.25) is 4.79 Å². The van der Waals surface area contributed by atoms with Crippen molar-refractivity contribution in [3.63, 3.8) is 0 Å². The summed E-state index contributed by atoms with van der Waals surface area (Å²) in [5, 5.41) is 9.44. The number of rotatable bonds is 8. The van der Waals surface area contributed by atoms with Gasteiger partial charge in [0.05, 0.1) is 11.6 Å². The number of benzene rings is 2. The summed E-state index contributed by atoms with van der Waals surface area (Å²) in [5.74, 6) is 1.95. The molecule has 2 N–H and O–H groups in total. The lowest BCUT2D eigenvalue weighted by atomic mass is 10.1. The Balaban J connectivity index is 1.08. The summed E-state index contributed by atoms with van der Waals surface area (Å²) >= 11 is 0. The summed E-state index contributed by atoms with van der Waals surface area (Å²) in [7, 11) is 0. The highest BCUT2D eigenvalue weighted by Gasteiger charge is 2.28. The zero-order chi connectivity index (χ0) is 26.9. The average molecular weight is 533 g/mol. The quantitative estimate of drug-likeness (QED) is 0.302. The van der Waals surface area contributed by atoms with Crippen molar-refractivity contribution >= 4 is 39.3 Å². The Morgan fingerprint density at radius 3 is 2.90 bits per heavy atom. The van der Waals surface area contributed by atoms with E-state index in [-0.39, 0.29) is 11.9 Å². The van der Waals surface area contributed by atoms with Crippen LogP contribution in [0.15, 0.2) is 79.4 Å². The molecule has 1 atom stereocenters. The van der Waals surface area contributed by atoms with Gasteiger partial charge in [-0.2, -0.15) is 14.6 Å². The van der Waals surface area contributed by atoms with Crippen LogP contribution in [-0.2, 0) is 6.42 Å². The Bertz CT molecular complexity index is 1830. The van der Waals surface area contributed by atoms with Crippen molar-refractivity contribution in [3.8, 4) is 5.75 Å². The maximum Gasteiger partial charge on any atom is 0.270 e. The Morgan fingerprint density at radius 2 is 1.95 bits per heavy atom. The van der Waals surface area contributed by atoms with Gasteiger partial charge >= 0.3 is 0 Å². The van der Waals surface area contributed by atoms with E-state index in [9.17, 15) is 4.79 Å². The molecule has 1 aliphatic rings. The summed E-state index contributed by atoms with van der Waals surface area (Å²) in [6, 6.07) is 19.8. The second-order valence-corrected chi connectivity index (χ2v) is 9.96. The zero-order valence-corrected chi connectivity index (χ0v) is 21.8. The van der Waals surface area contributed by atoms with Crippen LogP contribution in [0.1, 0.15) is 28.9 Å². The van der Waals surface area contributed by atoms with E-state index < -0.39 is 0 Å². The minimum atomic E-state index is -0.219. The van der Waals surface area contributed by atoms with Crippen molar-refractivity contribution in [1.82, 2.24) is 34.9 Å². The molecule has 40 heavy (non-hydrogen) atoms. The summed E-state index contributed by atoms with van der Waals surface area (Å²) in [6.07, 6.45) is 8.04. The van der Waals surface area contributed by atoms with Gasteiger partial charge in [0.1, 0.15) is 30.2 Å². The lowest BCUT2D eigenvalue weighted by Crippen LogP contribution is -2.35. The lowest BCUT2D eigenvalue weighted by molar-refractivity contribution is 0.0949. The van der Waals surface area contributed by atoms with Crippen molar-refractivity contribution in [3.05, 3.63) is 90.6 Å². The molecule has 200 valence electrons. The number of ether oxygens (including phenoxy) is 1. The van der Waals surface area contributed by atoms with Crippen LogP contribution in [0.25, 0.3) is 27.6 Å². The Labute approximate surface area is 230 Å². The van der Waals surface area contributed by atoms with Crippen molar-refractivity contribution in [2.75, 3.05) is 24.6 Å². The number of nitrogens with zero attached hydrogens (tertiary/aromatic N) is 6. The van der Waals surface area contributed by atoms with Crippen LogP contribution in [0.4, 0.5) is 5.82 Å². The van der Waals surface area contributed by atoms with Crippen LogP contribution in [-0.4, -0.2) is 61.2 Å². The van der Waals surface area contributed by atoms with Gasteiger partial charge in [0.25, 0.3) is 11.7 Å². The number of amides is 1. The SMILES string of the molecule is O=C(NCCc1c[nH]c2ccccc12)c1cc(OC[C@H]2CCCN2c2ccnc3ncnn23)c2ccccc2n1. The van der Waals surface area contributed by atoms with Gasteiger partial charge in [-0.05, 0) is 49.1 Å². The molecule has 10 heteroatoms. The van der Waals surface area contributed by atoms with E-state index in [0.29, 0.717) is 30.4 Å². The first-order valence-corrected chi connectivity index (χ1v) is 13.5. The minimum Gasteiger partial charge on any atom is -0.491 e. The predicted molar refractivity (Wildman–Crippen MR) is 153 cm³/mol. The van der Waals surface area contributed by atoms with Gasteiger partial charge in [-0.25, -0.2) is 9.97 Å². The van der Waals surface area contributed by atoms with Crippen LogP contribution in [0.2, 0.25) is 0 Å². The molecule has 0 bridgehead atoms. The molecule has 5 heterocycles. The highest BCUT2D eigenvalue weighted by atomic mass is 16.5. The van der Waals surface area contributed by atoms with Gasteiger partial charge in [-0.15, -0.1) is 0 Å². The maximum atomic E-state index is 13.2. The fourth-order valence-corrected chi connectivity index (χ4v) is 5.56. The number of nitrogens with one attached hydrogen (secondary N) is 2. The van der Waals surface area contributed by atoms with E-state index in [0.717, 1.165) is 48.0 Å². The number of aromatic nitrogens is 6. The molecule has 1 aliphatic heterocycles. The van der Waals surface area contributed by atoms with E-state index in [1.165, 1.54) is 17.3 Å². The Hall–Kier alpha value is -4.99. The number of anilines is 1. The van der Waals surface area contributed by atoms with Crippen LogP contribution in [0.5, 0.6) is 5.75 Å². The van der Waals surface area contributed by atoms with E-state index in [1.54, 1.807) is 16.8 Å². The van der Waals surface area contributed by atoms with Gasteiger partial charge in [0.15, 0.2) is 0 Å². The number of hydrogen-bond acceptors (Lipinski definition) is 7. The van der Waals surface area contributed by atoms with Crippen molar-refractivity contribution in [2.24, 2.45) is 0 Å². The maximum absolute atomic E-state index is 13.2. The summed E-state index contributed by atoms with van der Waals surface area (Å²) < 4.78 is 8.19. The zero-order valence-electron chi connectivity index (χ0n) is 21.8. The number of para-hydroxylation sites is 2. The highest BCUT2D eigenvalue weighted by molar-refractivity contribution is 5.97. The molecule has 0 spiro atoms. The predicted octanol–water partition coefficient (Wildman–Crippen LogP) is 4.17. The fourth-order valence-electron chi connectivity index (χ4n) is 5.56. The normalized spacial score (nSPS) is 15.3. The van der Waals surface area contributed by atoms with Crippen LogP contribution >= 0.6 is 0 Å². The number of carbonyl (C=O) groups excluding carboxylic acids is 1. The summed E-state index contributed by atoms with van der Waals surface area (Å²) in [6.45, 7) is 1.87. The molecule has 6 aromatic rings. The van der Waals surface area contributed by atoms with Crippen LogP contribution in [0, 0.1) is 0 Å². The van der Waals surface area contributed by atoms with Gasteiger partial charge in [0.2, 0.25) is 0 Å². The molecule has 0 unspecified atom stereocenters. The monoisotopic (exact) mass is 532 g/mol. The van der Waals surface area contributed by atoms with E-state index in [4.69, 9.17) is 4.74 Å². The number of pyridine rings is 1. The average Bonchev–Trinajstić information content (AvgIpc) is 3.75. The van der Waals surface area contributed by atoms with E-state index >= 15 is 0 Å². The number of hydrogen-bond donors (Lipinski definition) is 2. The van der Waals surface area contributed by atoms with Crippen molar-refractivity contribution in [2.45, 2.75) is 25.3 Å². The van der Waals surface area contributed by atoms with Crippen LogP contribution < -0.4 is 15.0 Å². The molecule has 10 nitrogen and oxygen atoms in total. The molecule has 0 saturated carbocycles.